The maximum Gasteiger partial charge on any atom is 0.257 e. The molecular weight excluding hydrogens is 462 g/mol. The number of nitrogens with one attached hydrogen (secondary N) is 2. The third-order valence-corrected chi connectivity index (χ3v) is 6.13. The molecule has 0 aliphatic rings. The highest BCUT2D eigenvalue weighted by atomic mass is 35.5. The van der Waals surface area contributed by atoms with E-state index in [2.05, 4.69) is 15.6 Å². The molecule has 0 bridgehead atoms. The van der Waals surface area contributed by atoms with Gasteiger partial charge in [-0.25, -0.2) is 4.98 Å². The second kappa shape index (κ2) is 10.1. The lowest BCUT2D eigenvalue weighted by Gasteiger charge is -2.11. The van der Waals surface area contributed by atoms with Crippen LogP contribution in [0.15, 0.2) is 66.7 Å². The van der Waals surface area contributed by atoms with Gasteiger partial charge in [-0.15, -0.1) is 11.3 Å². The number of carbonyl (C=O) groups excluding carboxylic acids is 1. The number of carbonyl (C=O) groups is 1. The van der Waals surface area contributed by atoms with E-state index in [9.17, 15) is 4.79 Å². The van der Waals surface area contributed by atoms with Crippen molar-refractivity contribution in [2.45, 2.75) is 13.3 Å². The van der Waals surface area contributed by atoms with Crippen LogP contribution >= 0.6 is 35.2 Å². The number of benzene rings is 3. The van der Waals surface area contributed by atoms with Gasteiger partial charge in [-0.05, 0) is 67.2 Å². The maximum absolute atomic E-state index is 12.5. The van der Waals surface area contributed by atoms with E-state index in [0.29, 0.717) is 28.6 Å². The number of para-hydroxylation sites is 1. The minimum Gasteiger partial charge on any atom is -0.494 e. The van der Waals surface area contributed by atoms with Gasteiger partial charge >= 0.3 is 0 Å². The smallest absolute Gasteiger partial charge is 0.257 e. The van der Waals surface area contributed by atoms with Gasteiger partial charge in [0, 0.05) is 16.8 Å². The molecule has 2 N–H and O–H groups in total. The van der Waals surface area contributed by atoms with E-state index in [1.54, 1.807) is 35.6 Å². The maximum atomic E-state index is 12.5. The lowest BCUT2D eigenvalue weighted by atomic mass is 10.2. The summed E-state index contributed by atoms with van der Waals surface area (Å²) in [7, 11) is 0. The van der Waals surface area contributed by atoms with Crippen molar-refractivity contribution < 1.29 is 9.53 Å². The number of rotatable bonds is 6. The number of ether oxygens (including phenoxy) is 1. The number of thiocarbonyl (C=S) groups is 1. The third kappa shape index (κ3) is 5.24. The van der Waals surface area contributed by atoms with Gasteiger partial charge in [0.25, 0.3) is 5.91 Å². The first kappa shape index (κ1) is 22.2. The fraction of sp³-hybridized carbons (Fsp3) is 0.125. The molecule has 0 aliphatic carbocycles. The number of anilines is 1. The summed E-state index contributed by atoms with van der Waals surface area (Å²) in [5.74, 6) is 0.331. The second-order valence-electron chi connectivity index (χ2n) is 6.97. The molecule has 0 aliphatic heterocycles. The molecule has 1 heterocycles. The zero-order chi connectivity index (χ0) is 22.5. The quantitative estimate of drug-likeness (QED) is 0.306. The molecule has 0 radical (unpaired) electrons. The average molecular weight is 482 g/mol. The fourth-order valence-corrected chi connectivity index (χ4v) is 4.58. The van der Waals surface area contributed by atoms with E-state index in [1.165, 1.54) is 0 Å². The Morgan fingerprint density at radius 3 is 2.75 bits per heavy atom. The summed E-state index contributed by atoms with van der Waals surface area (Å²) in [5.41, 5.74) is 2.92. The summed E-state index contributed by atoms with van der Waals surface area (Å²) >= 11 is 13.4. The van der Waals surface area contributed by atoms with Crippen LogP contribution in [0.1, 0.15) is 23.7 Å². The molecule has 0 unspecified atom stereocenters. The Kier molecular flexibility index (Phi) is 6.99. The largest absolute Gasteiger partial charge is 0.494 e. The second-order valence-corrected chi connectivity index (χ2v) is 8.81. The van der Waals surface area contributed by atoms with Gasteiger partial charge in [0.15, 0.2) is 5.11 Å². The minimum absolute atomic E-state index is 0.179. The first-order valence-corrected chi connectivity index (χ1v) is 11.6. The van der Waals surface area contributed by atoms with Gasteiger partial charge in [-0.2, -0.15) is 0 Å². The number of aromatic nitrogens is 1. The first-order chi connectivity index (χ1) is 15.5. The molecule has 1 amide bonds. The number of fused-ring (bicyclic) bond motifs is 1. The highest BCUT2D eigenvalue weighted by molar-refractivity contribution is 7.80. The van der Waals surface area contributed by atoms with Gasteiger partial charge < -0.3 is 10.1 Å². The first-order valence-electron chi connectivity index (χ1n) is 10.0. The topological polar surface area (TPSA) is 63.2 Å². The van der Waals surface area contributed by atoms with E-state index in [1.807, 2.05) is 49.4 Å². The number of amides is 1. The summed E-state index contributed by atoms with van der Waals surface area (Å²) in [6.45, 7) is 2.62. The van der Waals surface area contributed by atoms with Crippen LogP contribution in [0.5, 0.6) is 5.75 Å². The van der Waals surface area contributed by atoms with Crippen LogP contribution in [0, 0.1) is 0 Å². The Morgan fingerprint density at radius 1 is 1.12 bits per heavy atom. The lowest BCUT2D eigenvalue weighted by molar-refractivity contribution is 0.0977. The number of nitrogens with zero attached hydrogens (tertiary/aromatic N) is 1. The predicted octanol–water partition coefficient (Wildman–Crippen LogP) is 6.53. The monoisotopic (exact) mass is 481 g/mol. The van der Waals surface area contributed by atoms with Gasteiger partial charge in [-0.3, -0.25) is 10.1 Å². The minimum atomic E-state index is -0.318. The van der Waals surface area contributed by atoms with Crippen molar-refractivity contribution >= 4 is 62.1 Å². The van der Waals surface area contributed by atoms with Gasteiger partial charge in [-0.1, -0.05) is 36.7 Å². The Balaban J connectivity index is 1.42. The molecular formula is C24H20ClN3O2S2. The lowest BCUT2D eigenvalue weighted by Crippen LogP contribution is -2.34. The normalized spacial score (nSPS) is 10.7. The summed E-state index contributed by atoms with van der Waals surface area (Å²) in [4.78, 5) is 17.2. The molecule has 0 saturated carbocycles. The number of hydrogen-bond donors (Lipinski definition) is 2. The van der Waals surface area contributed by atoms with E-state index < -0.39 is 0 Å². The summed E-state index contributed by atoms with van der Waals surface area (Å²) in [6.07, 6.45) is 0.894. The summed E-state index contributed by atoms with van der Waals surface area (Å²) in [6, 6.07) is 20.5. The Bertz CT molecular complexity index is 1260. The molecule has 4 rings (SSSR count). The van der Waals surface area contributed by atoms with E-state index in [-0.39, 0.29) is 11.0 Å². The van der Waals surface area contributed by atoms with Crippen LogP contribution in [0.25, 0.3) is 20.8 Å². The summed E-state index contributed by atoms with van der Waals surface area (Å²) < 4.78 is 6.68. The molecule has 0 atom stereocenters. The van der Waals surface area contributed by atoms with E-state index in [4.69, 9.17) is 28.6 Å². The molecule has 32 heavy (non-hydrogen) atoms. The zero-order valence-electron chi connectivity index (χ0n) is 17.2. The predicted molar refractivity (Wildman–Crippen MR) is 136 cm³/mol. The Hall–Kier alpha value is -3.00. The molecule has 5 nitrogen and oxygen atoms in total. The SMILES string of the molecule is CCCOc1cccc(C(=O)NC(=S)Nc2ccc(-c3nc4ccccc4s3)c(Cl)c2)c1. The van der Waals surface area contributed by atoms with Crippen LogP contribution in [-0.4, -0.2) is 22.6 Å². The molecule has 0 spiro atoms. The van der Waals surface area contributed by atoms with Crippen molar-refractivity contribution in [3.8, 4) is 16.3 Å². The van der Waals surface area contributed by atoms with Crippen LogP contribution in [0.2, 0.25) is 5.02 Å². The number of halogens is 1. The third-order valence-electron chi connectivity index (χ3n) is 4.55. The fourth-order valence-electron chi connectivity index (χ4n) is 3.04. The van der Waals surface area contributed by atoms with Crippen LogP contribution in [-0.2, 0) is 0 Å². The number of hydrogen-bond acceptors (Lipinski definition) is 5. The molecule has 162 valence electrons. The standard InChI is InChI=1S/C24H20ClN3O2S2/c1-2-12-30-17-7-5-6-15(13-17)22(29)28-24(31)26-16-10-11-18(19(25)14-16)23-27-20-8-3-4-9-21(20)32-23/h3-11,13-14H,2,12H2,1H3,(H2,26,28,29,31). The molecule has 0 saturated heterocycles. The van der Waals surface area contributed by atoms with Gasteiger partial charge in [0.1, 0.15) is 10.8 Å². The van der Waals surface area contributed by atoms with Crippen molar-refractivity contribution in [2.75, 3.05) is 11.9 Å². The molecule has 1 aromatic heterocycles. The van der Waals surface area contributed by atoms with E-state index >= 15 is 0 Å². The molecule has 8 heteroatoms. The molecule has 4 aromatic rings. The van der Waals surface area contributed by atoms with Gasteiger partial charge in [0.05, 0.1) is 21.8 Å². The van der Waals surface area contributed by atoms with Crippen molar-refractivity contribution in [2.24, 2.45) is 0 Å². The van der Waals surface area contributed by atoms with E-state index in [0.717, 1.165) is 27.2 Å². The zero-order valence-corrected chi connectivity index (χ0v) is 19.6. The van der Waals surface area contributed by atoms with Crippen molar-refractivity contribution in [1.82, 2.24) is 10.3 Å². The summed E-state index contributed by atoms with van der Waals surface area (Å²) in [5, 5.41) is 7.26. The highest BCUT2D eigenvalue weighted by Gasteiger charge is 2.12. The highest BCUT2D eigenvalue weighted by Crippen LogP contribution is 2.35. The van der Waals surface area contributed by atoms with Crippen molar-refractivity contribution in [3.05, 3.63) is 77.3 Å². The van der Waals surface area contributed by atoms with Crippen molar-refractivity contribution in [3.63, 3.8) is 0 Å². The average Bonchev–Trinajstić information content (AvgIpc) is 3.21. The molecule has 0 fully saturated rings. The Labute approximate surface area is 200 Å². The van der Waals surface area contributed by atoms with Crippen LogP contribution < -0.4 is 15.4 Å². The van der Waals surface area contributed by atoms with Crippen molar-refractivity contribution in [1.29, 1.82) is 0 Å². The number of thiazole rings is 1. The van der Waals surface area contributed by atoms with Gasteiger partial charge in [0.2, 0.25) is 0 Å². The van der Waals surface area contributed by atoms with Crippen LogP contribution in [0.4, 0.5) is 5.69 Å². The Morgan fingerprint density at radius 2 is 1.97 bits per heavy atom. The molecule has 3 aromatic carbocycles. The van der Waals surface area contributed by atoms with Crippen LogP contribution in [0.3, 0.4) is 0 Å².